The second-order valence-corrected chi connectivity index (χ2v) is 9.40. The van der Waals surface area contributed by atoms with Crippen LogP contribution in [0.2, 0.25) is 0 Å². The number of piperazine rings is 1. The molecule has 3 N–H and O–H groups in total. The van der Waals surface area contributed by atoms with Gasteiger partial charge in [-0.2, -0.15) is 9.28 Å². The smallest absolute Gasteiger partial charge is 0.468 e. The molecule has 13 heteroatoms. The summed E-state index contributed by atoms with van der Waals surface area (Å²) >= 11 is 0. The maximum Gasteiger partial charge on any atom is 0.522 e. The Kier molecular flexibility index (Phi) is 8.41. The molecule has 2 aromatic rings. The number of carbonyl (C=O) groups excluding carboxylic acids is 4. The summed E-state index contributed by atoms with van der Waals surface area (Å²) in [4.78, 5) is 56.3. The number of pyridine rings is 1. The lowest BCUT2D eigenvalue weighted by Gasteiger charge is -2.35. The summed E-state index contributed by atoms with van der Waals surface area (Å²) in [6, 6.07) is 7.03. The minimum atomic E-state index is -0.918. The van der Waals surface area contributed by atoms with E-state index in [1.165, 1.54) is 20.1 Å². The molecule has 0 aliphatic carbocycles. The van der Waals surface area contributed by atoms with Gasteiger partial charge in [0.1, 0.15) is 30.5 Å². The highest BCUT2D eigenvalue weighted by Crippen LogP contribution is 2.35. The number of primary amides is 1. The molecule has 1 aromatic carbocycles. The normalized spacial score (nSPS) is 19.9. The maximum atomic E-state index is 15.3. The third kappa shape index (κ3) is 5.68. The van der Waals surface area contributed by atoms with Gasteiger partial charge in [0.25, 0.3) is 5.91 Å². The standard InChI is InChI=1S/C26H31FN6O6/c1-17(25(28)36)33(11-12-39-26(33)37)19-4-5-20(21(27)13-19)18-3-6-22(30-14-18)31-7-9-32(10-8-31)23(34)15-29-16-24(35)38-2/h3-6,13-14,17,29H,7-12,15-16H2,1-2H3,(H-,28,36)/p+1. The molecule has 12 nitrogen and oxygen atoms in total. The molecule has 2 aliphatic rings. The lowest BCUT2D eigenvalue weighted by Crippen LogP contribution is -2.61. The molecule has 2 saturated heterocycles. The number of cyclic esters (lactones) is 1. The summed E-state index contributed by atoms with van der Waals surface area (Å²) in [5.74, 6) is -1.08. The highest BCUT2D eigenvalue weighted by molar-refractivity contribution is 5.93. The first-order valence-corrected chi connectivity index (χ1v) is 12.6. The number of anilines is 1. The zero-order valence-electron chi connectivity index (χ0n) is 21.9. The Balaban J connectivity index is 1.41. The minimum Gasteiger partial charge on any atom is -0.468 e. The number of quaternary nitrogens is 1. The number of nitrogens with one attached hydrogen (secondary N) is 1. The van der Waals surface area contributed by atoms with Gasteiger partial charge < -0.3 is 25.0 Å². The van der Waals surface area contributed by atoms with Gasteiger partial charge in [0.15, 0.2) is 6.04 Å². The van der Waals surface area contributed by atoms with Crippen molar-refractivity contribution in [3.05, 3.63) is 42.3 Å². The van der Waals surface area contributed by atoms with Crippen molar-refractivity contribution < 1.29 is 33.0 Å². The van der Waals surface area contributed by atoms with Crippen molar-refractivity contribution in [1.82, 2.24) is 19.7 Å². The SMILES string of the molecule is COC(=O)CNCC(=O)N1CCN(c2ccc(-c3ccc([N+]4(C(C)C(N)=O)CCOC4=O)cc3F)cn2)CC1. The molecule has 3 amide bonds. The van der Waals surface area contributed by atoms with E-state index < -0.39 is 34.3 Å². The van der Waals surface area contributed by atoms with Gasteiger partial charge in [-0.3, -0.25) is 19.7 Å². The average Bonchev–Trinajstić information content (AvgIpc) is 3.34. The Morgan fingerprint density at radius 2 is 1.92 bits per heavy atom. The first-order valence-electron chi connectivity index (χ1n) is 12.6. The van der Waals surface area contributed by atoms with E-state index in [4.69, 9.17) is 10.5 Å². The van der Waals surface area contributed by atoms with Crippen LogP contribution in [-0.2, 0) is 23.9 Å². The van der Waals surface area contributed by atoms with E-state index >= 15 is 4.39 Å². The van der Waals surface area contributed by atoms with E-state index in [-0.39, 0.29) is 32.1 Å². The van der Waals surface area contributed by atoms with Crippen LogP contribution in [0.1, 0.15) is 6.92 Å². The van der Waals surface area contributed by atoms with E-state index in [9.17, 15) is 19.2 Å². The van der Waals surface area contributed by atoms with Gasteiger partial charge in [-0.15, -0.1) is 0 Å². The number of aromatic nitrogens is 1. The van der Waals surface area contributed by atoms with Gasteiger partial charge >= 0.3 is 12.1 Å². The van der Waals surface area contributed by atoms with Gasteiger partial charge in [-0.05, 0) is 25.1 Å². The molecular formula is C26H32FN6O6+. The van der Waals surface area contributed by atoms with Crippen molar-refractivity contribution in [1.29, 1.82) is 0 Å². The van der Waals surface area contributed by atoms with Crippen LogP contribution in [0.4, 0.5) is 20.7 Å². The first-order chi connectivity index (χ1) is 18.7. The predicted octanol–water partition coefficient (Wildman–Crippen LogP) is 0.630. The summed E-state index contributed by atoms with van der Waals surface area (Å²) in [6.45, 7) is 4.01. The summed E-state index contributed by atoms with van der Waals surface area (Å²) in [7, 11) is 1.29. The number of amides is 3. The molecule has 0 spiro atoms. The van der Waals surface area contributed by atoms with E-state index in [0.717, 1.165) is 0 Å². The zero-order valence-corrected chi connectivity index (χ0v) is 21.9. The van der Waals surface area contributed by atoms with Crippen molar-refractivity contribution >= 4 is 35.4 Å². The molecular weight excluding hydrogens is 511 g/mol. The Labute approximate surface area is 225 Å². The van der Waals surface area contributed by atoms with Crippen LogP contribution in [0.3, 0.4) is 0 Å². The third-order valence-electron chi connectivity index (χ3n) is 7.27. The first kappa shape index (κ1) is 27.9. The zero-order chi connectivity index (χ0) is 28.2. The highest BCUT2D eigenvalue weighted by Gasteiger charge is 2.53. The lowest BCUT2D eigenvalue weighted by atomic mass is 10.0. The molecule has 4 rings (SSSR count). The van der Waals surface area contributed by atoms with Crippen LogP contribution >= 0.6 is 0 Å². The number of ether oxygens (including phenoxy) is 2. The van der Waals surface area contributed by atoms with Gasteiger partial charge in [0, 0.05) is 55.6 Å². The predicted molar refractivity (Wildman–Crippen MR) is 140 cm³/mol. The fraction of sp³-hybridized carbons (Fsp3) is 0.423. The largest absolute Gasteiger partial charge is 0.522 e. The van der Waals surface area contributed by atoms with Crippen LogP contribution in [0.15, 0.2) is 36.5 Å². The molecule has 3 heterocycles. The molecule has 0 bridgehead atoms. The third-order valence-corrected chi connectivity index (χ3v) is 7.27. The van der Waals surface area contributed by atoms with Crippen molar-refractivity contribution in [2.75, 3.05) is 64.4 Å². The molecule has 2 fully saturated rings. The molecule has 208 valence electrons. The summed E-state index contributed by atoms with van der Waals surface area (Å²) in [5, 5.41) is 2.77. The molecule has 2 aliphatic heterocycles. The van der Waals surface area contributed by atoms with E-state index in [0.29, 0.717) is 48.8 Å². The Bertz CT molecular complexity index is 1250. The molecule has 2 atom stereocenters. The van der Waals surface area contributed by atoms with Crippen molar-refractivity contribution in [2.24, 2.45) is 5.73 Å². The van der Waals surface area contributed by atoms with Crippen molar-refractivity contribution in [3.8, 4) is 11.1 Å². The number of nitrogens with zero attached hydrogens (tertiary/aromatic N) is 4. The molecule has 0 saturated carbocycles. The van der Waals surface area contributed by atoms with E-state index in [1.54, 1.807) is 35.4 Å². The second-order valence-electron chi connectivity index (χ2n) is 9.40. The minimum absolute atomic E-state index is 0.0270. The Hall–Kier alpha value is -4.10. The number of hydrogen-bond donors (Lipinski definition) is 2. The van der Waals surface area contributed by atoms with Crippen LogP contribution in [0, 0.1) is 5.82 Å². The topological polar surface area (TPSA) is 144 Å². The monoisotopic (exact) mass is 543 g/mol. The number of rotatable bonds is 9. The van der Waals surface area contributed by atoms with Gasteiger partial charge in [-0.25, -0.2) is 9.37 Å². The summed E-state index contributed by atoms with van der Waals surface area (Å²) in [5.41, 5.74) is 6.62. The number of benzene rings is 1. The fourth-order valence-corrected chi connectivity index (χ4v) is 4.87. The number of nitrogens with two attached hydrogens (primary N) is 1. The van der Waals surface area contributed by atoms with E-state index in [1.807, 2.05) is 4.90 Å². The van der Waals surface area contributed by atoms with Gasteiger partial charge in [-0.1, -0.05) is 0 Å². The number of hydrogen-bond acceptors (Lipinski definition) is 9. The Morgan fingerprint density at radius 1 is 1.18 bits per heavy atom. The van der Waals surface area contributed by atoms with Crippen molar-refractivity contribution in [3.63, 3.8) is 0 Å². The Morgan fingerprint density at radius 3 is 2.49 bits per heavy atom. The average molecular weight is 544 g/mol. The highest BCUT2D eigenvalue weighted by atomic mass is 19.1. The number of halogens is 1. The van der Waals surface area contributed by atoms with Crippen LogP contribution in [-0.4, -0.2) is 99.3 Å². The molecule has 0 radical (unpaired) electrons. The summed E-state index contributed by atoms with van der Waals surface area (Å²) in [6.07, 6.45) is 0.932. The summed E-state index contributed by atoms with van der Waals surface area (Å²) < 4.78 is 24.5. The molecule has 2 unspecified atom stereocenters. The second kappa shape index (κ2) is 11.7. The van der Waals surface area contributed by atoms with Gasteiger partial charge in [0.05, 0.1) is 20.2 Å². The molecule has 1 aromatic heterocycles. The quantitative estimate of drug-likeness (QED) is 0.344. The van der Waals surface area contributed by atoms with Gasteiger partial charge in [0.2, 0.25) is 5.91 Å². The van der Waals surface area contributed by atoms with Crippen LogP contribution in [0.25, 0.3) is 11.1 Å². The van der Waals surface area contributed by atoms with Crippen LogP contribution < -0.4 is 20.4 Å². The lowest BCUT2D eigenvalue weighted by molar-refractivity contribution is -0.139. The fourth-order valence-electron chi connectivity index (χ4n) is 4.87. The van der Waals surface area contributed by atoms with Crippen molar-refractivity contribution in [2.45, 2.75) is 13.0 Å². The van der Waals surface area contributed by atoms with Crippen LogP contribution in [0.5, 0.6) is 0 Å². The molecule has 39 heavy (non-hydrogen) atoms. The number of carbonyl (C=O) groups is 4. The maximum absolute atomic E-state index is 15.3. The van der Waals surface area contributed by atoms with E-state index in [2.05, 4.69) is 15.0 Å². The number of methoxy groups -OCH3 is 1. The number of esters is 1.